The highest BCUT2D eigenvalue weighted by atomic mass is 32.1. The predicted molar refractivity (Wildman–Crippen MR) is 155 cm³/mol. The van der Waals surface area contributed by atoms with Gasteiger partial charge in [-0.15, -0.1) is 0 Å². The Balaban J connectivity index is 1.82. The minimum absolute atomic E-state index is 0.115. The maximum absolute atomic E-state index is 14.0. The first-order chi connectivity index (χ1) is 20.3. The molecule has 1 atom stereocenters. The zero-order valence-electron chi connectivity index (χ0n) is 22.8. The van der Waals surface area contributed by atoms with Crippen molar-refractivity contribution in [3.8, 4) is 17.2 Å². The van der Waals surface area contributed by atoms with Crippen molar-refractivity contribution < 1.29 is 29.0 Å². The van der Waals surface area contributed by atoms with Crippen molar-refractivity contribution in [1.29, 1.82) is 0 Å². The summed E-state index contributed by atoms with van der Waals surface area (Å²) in [6.07, 6.45) is 1.46. The summed E-state index contributed by atoms with van der Waals surface area (Å²) < 4.78 is 17.5. The topological polar surface area (TPSA) is 142 Å². The molecular formula is C30H25N3O8S. The van der Waals surface area contributed by atoms with Gasteiger partial charge >= 0.3 is 11.7 Å². The summed E-state index contributed by atoms with van der Waals surface area (Å²) in [5.41, 5.74) is 1.06. The summed E-state index contributed by atoms with van der Waals surface area (Å²) >= 11 is 1.06. The van der Waals surface area contributed by atoms with Crippen molar-refractivity contribution in [3.63, 3.8) is 0 Å². The van der Waals surface area contributed by atoms with Gasteiger partial charge in [-0.2, -0.15) is 0 Å². The largest absolute Gasteiger partial charge is 0.500 e. The molecule has 214 valence electrons. The van der Waals surface area contributed by atoms with Crippen molar-refractivity contribution in [2.24, 2.45) is 4.99 Å². The van der Waals surface area contributed by atoms with Crippen LogP contribution >= 0.6 is 11.3 Å². The minimum atomic E-state index is -0.896. The number of hydrogen-bond acceptors (Lipinski definition) is 10. The van der Waals surface area contributed by atoms with E-state index in [1.165, 1.54) is 30.9 Å². The molecule has 12 heteroatoms. The molecule has 11 nitrogen and oxygen atoms in total. The number of nitrogens with zero attached hydrogens (tertiary/aromatic N) is 3. The Labute approximate surface area is 243 Å². The zero-order valence-corrected chi connectivity index (χ0v) is 23.6. The van der Waals surface area contributed by atoms with E-state index >= 15 is 0 Å². The van der Waals surface area contributed by atoms with Crippen LogP contribution in [-0.4, -0.2) is 41.4 Å². The number of phenols is 1. The molecule has 0 spiro atoms. The molecular weight excluding hydrogens is 562 g/mol. The van der Waals surface area contributed by atoms with Gasteiger partial charge in [0, 0.05) is 11.6 Å². The summed E-state index contributed by atoms with van der Waals surface area (Å²) in [6, 6.07) is 17.8. The number of hydrogen-bond donors (Lipinski definition) is 1. The fraction of sp³-hybridized carbons (Fsp3) is 0.167. The molecule has 0 saturated carbocycles. The molecule has 5 rings (SSSR count). The summed E-state index contributed by atoms with van der Waals surface area (Å²) in [4.78, 5) is 43.4. The third kappa shape index (κ3) is 5.15. The minimum Gasteiger partial charge on any atom is -0.500 e. The maximum Gasteiger partial charge on any atom is 0.338 e. The molecule has 4 aromatic rings. The van der Waals surface area contributed by atoms with Gasteiger partial charge in [0.25, 0.3) is 5.56 Å². The van der Waals surface area contributed by atoms with E-state index in [0.717, 1.165) is 17.4 Å². The lowest BCUT2D eigenvalue weighted by Gasteiger charge is -2.26. The second-order valence-corrected chi connectivity index (χ2v) is 10.1. The van der Waals surface area contributed by atoms with Gasteiger partial charge in [-0.25, -0.2) is 9.79 Å². The molecule has 0 radical (unpaired) electrons. The van der Waals surface area contributed by atoms with E-state index in [1.54, 1.807) is 31.2 Å². The number of rotatable bonds is 8. The lowest BCUT2D eigenvalue weighted by Crippen LogP contribution is -2.40. The average molecular weight is 588 g/mol. The van der Waals surface area contributed by atoms with Crippen molar-refractivity contribution >= 4 is 34.8 Å². The van der Waals surface area contributed by atoms with Crippen LogP contribution in [0.25, 0.3) is 11.8 Å². The number of aromatic nitrogens is 1. The molecule has 42 heavy (non-hydrogen) atoms. The molecule has 1 aromatic heterocycles. The first-order valence-corrected chi connectivity index (χ1v) is 13.6. The quantitative estimate of drug-likeness (QED) is 0.187. The lowest BCUT2D eigenvalue weighted by molar-refractivity contribution is -0.386. The zero-order chi connectivity index (χ0) is 30.0. The van der Waals surface area contributed by atoms with Gasteiger partial charge in [-0.1, -0.05) is 53.8 Å². The van der Waals surface area contributed by atoms with Gasteiger partial charge in [0.2, 0.25) is 5.75 Å². The Bertz CT molecular complexity index is 1890. The third-order valence-corrected chi connectivity index (χ3v) is 7.58. The number of thiazole rings is 1. The number of fused-ring (bicyclic) bond motifs is 1. The van der Waals surface area contributed by atoms with Gasteiger partial charge in [0.05, 0.1) is 47.6 Å². The average Bonchev–Trinajstić information content (AvgIpc) is 3.31. The summed E-state index contributed by atoms with van der Waals surface area (Å²) in [6.45, 7) is 1.81. The van der Waals surface area contributed by atoms with Gasteiger partial charge in [0.15, 0.2) is 10.6 Å². The van der Waals surface area contributed by atoms with E-state index in [4.69, 9.17) is 19.2 Å². The molecule has 3 aromatic carbocycles. The van der Waals surface area contributed by atoms with E-state index in [1.807, 2.05) is 30.3 Å². The van der Waals surface area contributed by atoms with Crippen LogP contribution in [0.5, 0.6) is 17.2 Å². The third-order valence-electron chi connectivity index (χ3n) is 6.60. The standard InChI is InChI=1S/C30H25N3O8S/c1-4-41-29(36)24-25(18-8-6-5-7-9-18)31-30-32(26(24)19-10-12-20(39-2)13-11-19)28(35)23(42-30)16-17-14-21(33(37)38)27(34)22(15-17)40-3/h5-16,26,34H,4H2,1-3H3/b23-16-/t26-/m0/s1. The molecule has 0 saturated heterocycles. The van der Waals surface area contributed by atoms with Crippen molar-refractivity contribution in [3.05, 3.63) is 119 Å². The van der Waals surface area contributed by atoms with Crippen LogP contribution in [0.3, 0.4) is 0 Å². The van der Waals surface area contributed by atoms with Gasteiger partial charge in [0.1, 0.15) is 5.75 Å². The first kappa shape index (κ1) is 28.3. The van der Waals surface area contributed by atoms with Crippen LogP contribution in [0.1, 0.15) is 29.7 Å². The number of nitro benzene ring substituents is 1. The van der Waals surface area contributed by atoms with Gasteiger partial charge < -0.3 is 19.3 Å². The van der Waals surface area contributed by atoms with E-state index in [9.17, 15) is 24.8 Å². The Morgan fingerprint density at radius 1 is 1.12 bits per heavy atom. The van der Waals surface area contributed by atoms with E-state index < -0.39 is 33.9 Å². The molecule has 2 heterocycles. The summed E-state index contributed by atoms with van der Waals surface area (Å²) in [7, 11) is 2.81. The number of benzene rings is 3. The van der Waals surface area contributed by atoms with Crippen LogP contribution in [-0.2, 0) is 9.53 Å². The SMILES string of the molecule is CCOC(=O)C1=C(c2ccccc2)N=c2s/c(=C\c3cc(OC)c(O)c([N+](=O)[O-])c3)c(=O)n2[C@H]1c1ccc(OC)cc1. The van der Waals surface area contributed by atoms with Crippen LogP contribution in [0.2, 0.25) is 0 Å². The van der Waals surface area contributed by atoms with E-state index in [-0.39, 0.29) is 28.0 Å². The molecule has 0 bridgehead atoms. The second-order valence-electron chi connectivity index (χ2n) is 9.05. The Hall–Kier alpha value is -5.23. The number of carbonyl (C=O) groups is 1. The molecule has 0 unspecified atom stereocenters. The van der Waals surface area contributed by atoms with Crippen molar-refractivity contribution in [2.75, 3.05) is 20.8 Å². The Morgan fingerprint density at radius 3 is 2.45 bits per heavy atom. The predicted octanol–water partition coefficient (Wildman–Crippen LogP) is 3.57. The molecule has 1 aliphatic heterocycles. The number of methoxy groups -OCH3 is 2. The summed E-state index contributed by atoms with van der Waals surface area (Å²) in [5, 5.41) is 21.7. The number of nitro groups is 1. The highest BCUT2D eigenvalue weighted by Gasteiger charge is 2.35. The number of ether oxygens (including phenoxy) is 3. The smallest absolute Gasteiger partial charge is 0.338 e. The van der Waals surface area contributed by atoms with Crippen molar-refractivity contribution in [2.45, 2.75) is 13.0 Å². The normalized spacial score (nSPS) is 14.6. The molecule has 1 aliphatic rings. The highest BCUT2D eigenvalue weighted by Crippen LogP contribution is 2.38. The van der Waals surface area contributed by atoms with Crippen molar-refractivity contribution in [1.82, 2.24) is 4.57 Å². The van der Waals surface area contributed by atoms with Crippen LogP contribution in [0, 0.1) is 10.1 Å². The van der Waals surface area contributed by atoms with Crippen LogP contribution < -0.4 is 24.4 Å². The number of phenolic OH excluding ortho intramolecular Hbond substituents is 1. The fourth-order valence-electron chi connectivity index (χ4n) is 4.69. The second kappa shape index (κ2) is 11.7. The number of aromatic hydroxyl groups is 1. The fourth-order valence-corrected chi connectivity index (χ4v) is 5.69. The van der Waals surface area contributed by atoms with Gasteiger partial charge in [-0.05, 0) is 42.3 Å². The van der Waals surface area contributed by atoms with Crippen LogP contribution in [0.4, 0.5) is 5.69 Å². The maximum atomic E-state index is 14.0. The van der Waals surface area contributed by atoms with Crippen LogP contribution in [0.15, 0.2) is 82.1 Å². The van der Waals surface area contributed by atoms with Gasteiger partial charge in [-0.3, -0.25) is 19.5 Å². The number of esters is 1. The molecule has 0 aliphatic carbocycles. The summed E-state index contributed by atoms with van der Waals surface area (Å²) in [5.74, 6) is -0.754. The Morgan fingerprint density at radius 2 is 1.83 bits per heavy atom. The number of carbonyl (C=O) groups excluding carboxylic acids is 1. The molecule has 0 fully saturated rings. The van der Waals surface area contributed by atoms with E-state index in [0.29, 0.717) is 27.4 Å². The highest BCUT2D eigenvalue weighted by molar-refractivity contribution is 7.07. The first-order valence-electron chi connectivity index (χ1n) is 12.7. The molecule has 0 amide bonds. The monoisotopic (exact) mass is 587 g/mol. The molecule has 1 N–H and O–H groups in total. The lowest BCUT2D eigenvalue weighted by atomic mass is 9.93. The van der Waals surface area contributed by atoms with E-state index in [2.05, 4.69) is 0 Å². The Kier molecular flexibility index (Phi) is 7.89.